The topological polar surface area (TPSA) is 202 Å². The monoisotopic (exact) mass is 639 g/mol. The minimum atomic E-state index is -0.985. The summed E-state index contributed by atoms with van der Waals surface area (Å²) < 4.78 is 16.7. The summed E-state index contributed by atoms with van der Waals surface area (Å²) in [6.45, 7) is 7.17. The molecule has 0 saturated heterocycles. The number of guanidine groups is 2. The molecule has 1 aromatic carbocycles. The Morgan fingerprint density at radius 2 is 1.91 bits per heavy atom. The molecule has 2 heterocycles. The van der Waals surface area contributed by atoms with Crippen molar-refractivity contribution in [2.75, 3.05) is 33.6 Å². The number of fused-ring (bicyclic) bond motifs is 4. The van der Waals surface area contributed by atoms with Gasteiger partial charge in [0.2, 0.25) is 5.96 Å². The highest BCUT2D eigenvalue weighted by Gasteiger charge is 2.30. The number of primary amides is 1. The number of hydrogen-bond donors (Lipinski definition) is 5. The molecule has 2 bridgehead atoms. The Kier molecular flexibility index (Phi) is 12.7. The quantitative estimate of drug-likeness (QED) is 0.142. The van der Waals surface area contributed by atoms with Crippen molar-refractivity contribution in [3.63, 3.8) is 0 Å². The van der Waals surface area contributed by atoms with Gasteiger partial charge in [0.25, 0.3) is 11.9 Å². The van der Waals surface area contributed by atoms with Gasteiger partial charge in [-0.1, -0.05) is 38.2 Å². The highest BCUT2D eigenvalue weighted by Crippen LogP contribution is 2.29. The number of allylic oxidation sites excluding steroid dienone is 2. The van der Waals surface area contributed by atoms with Gasteiger partial charge in [-0.25, -0.2) is 14.8 Å². The molecule has 14 heteroatoms. The van der Waals surface area contributed by atoms with Crippen molar-refractivity contribution in [1.82, 2.24) is 5.32 Å². The number of aromatic hydroxyl groups is 1. The highest BCUT2D eigenvalue weighted by molar-refractivity contribution is 6.04. The third-order valence-corrected chi connectivity index (χ3v) is 7.88. The molecule has 0 aliphatic carbocycles. The summed E-state index contributed by atoms with van der Waals surface area (Å²) in [6.07, 6.45) is 3.15. The summed E-state index contributed by atoms with van der Waals surface area (Å²) in [5.41, 5.74) is 6.92. The maximum Gasteiger partial charge on any atom is 0.405 e. The van der Waals surface area contributed by atoms with Crippen LogP contribution in [-0.4, -0.2) is 86.9 Å². The number of nitrogens with two attached hydrogens (primary N) is 1. The number of hydrogen-bond acceptors (Lipinski definition) is 8. The third kappa shape index (κ3) is 8.86. The Bertz CT molecular complexity index is 1580. The molecule has 14 nitrogen and oxygen atoms in total. The summed E-state index contributed by atoms with van der Waals surface area (Å²) >= 11 is 0. The summed E-state index contributed by atoms with van der Waals surface area (Å²) in [6, 6.07) is 1.54. The molecule has 2 aliphatic heterocycles. The zero-order chi connectivity index (χ0) is 34.1. The van der Waals surface area contributed by atoms with E-state index in [0.29, 0.717) is 46.2 Å². The lowest BCUT2D eigenvalue weighted by atomic mass is 9.88. The van der Waals surface area contributed by atoms with E-state index < -0.39 is 42.3 Å². The second-order valence-electron chi connectivity index (χ2n) is 11.4. The second kappa shape index (κ2) is 16.2. The number of aliphatic hydroxyl groups excluding tert-OH is 1. The number of methoxy groups -OCH3 is 2. The lowest BCUT2D eigenvalue weighted by Gasteiger charge is -2.29. The number of carbonyl (C=O) groups excluding carboxylic acids is 2. The van der Waals surface area contributed by atoms with Gasteiger partial charge in [-0.2, -0.15) is 4.99 Å². The lowest BCUT2D eigenvalue weighted by Crippen LogP contribution is -2.37. The van der Waals surface area contributed by atoms with E-state index in [9.17, 15) is 19.8 Å². The molecule has 0 unspecified atom stereocenters. The fourth-order valence-electron chi connectivity index (χ4n) is 5.40. The highest BCUT2D eigenvalue weighted by atomic mass is 16.6. The molecular weight excluding hydrogens is 594 g/mol. The third-order valence-electron chi connectivity index (χ3n) is 7.88. The minimum absolute atomic E-state index is 0.129. The smallest absolute Gasteiger partial charge is 0.405 e. The Morgan fingerprint density at radius 3 is 2.52 bits per heavy atom. The summed E-state index contributed by atoms with van der Waals surface area (Å²) in [4.78, 5) is 42.5. The number of phenols is 1. The fourth-order valence-corrected chi connectivity index (χ4v) is 5.40. The molecule has 6 N–H and O–H groups in total. The zero-order valence-electron chi connectivity index (χ0n) is 27.6. The number of nitrogens with one attached hydrogen (secondary N) is 2. The first-order valence-corrected chi connectivity index (χ1v) is 14.9. The number of aliphatic hydroxyl groups is 1. The van der Waals surface area contributed by atoms with E-state index in [1.165, 1.54) is 14.2 Å². The van der Waals surface area contributed by atoms with Crippen molar-refractivity contribution < 1.29 is 34.0 Å². The van der Waals surface area contributed by atoms with Crippen molar-refractivity contribution in [3.8, 4) is 5.75 Å². The average Bonchev–Trinajstić information content (AvgIpc) is 3.42. The average molecular weight is 640 g/mol. The van der Waals surface area contributed by atoms with Crippen LogP contribution in [0.25, 0.3) is 0 Å². The van der Waals surface area contributed by atoms with Crippen LogP contribution in [0, 0.1) is 11.8 Å². The van der Waals surface area contributed by atoms with Gasteiger partial charge in [-0.3, -0.25) is 9.79 Å². The van der Waals surface area contributed by atoms with E-state index in [2.05, 4.69) is 30.6 Å². The molecule has 3 rings (SSSR count). The van der Waals surface area contributed by atoms with E-state index >= 15 is 0 Å². The van der Waals surface area contributed by atoms with Gasteiger partial charge < -0.3 is 40.8 Å². The molecule has 2 amide bonds. The number of ether oxygens (including phenoxy) is 3. The van der Waals surface area contributed by atoms with Gasteiger partial charge in [0.1, 0.15) is 11.9 Å². The SMILES string of the molecule is CN=C(/N=C1/N=c2cc3c(O)c(c2=N1)C[C@@H](C)C[C@H](OC)[C@H](O)[C@@H](C)/C=C(\C)[C@H](OC(N)=O)[C@@H](OC)/C=C\C=C(/C)C(=O)N3)NC. The number of amides is 2. The number of rotatable bonds is 3. The van der Waals surface area contributed by atoms with Crippen LogP contribution in [0.3, 0.4) is 0 Å². The van der Waals surface area contributed by atoms with E-state index in [1.54, 1.807) is 58.3 Å². The number of benzene rings is 1. The van der Waals surface area contributed by atoms with Crippen molar-refractivity contribution in [2.45, 2.75) is 65.0 Å². The Labute approximate surface area is 268 Å². The Hall–Kier alpha value is -4.40. The van der Waals surface area contributed by atoms with Gasteiger partial charge in [0.15, 0.2) is 6.10 Å². The lowest BCUT2D eigenvalue weighted by molar-refractivity contribution is -0.112. The minimum Gasteiger partial charge on any atom is -0.505 e. The summed E-state index contributed by atoms with van der Waals surface area (Å²) in [5.74, 6) is -0.698. The second-order valence-corrected chi connectivity index (χ2v) is 11.4. The molecule has 1 aromatic rings. The maximum absolute atomic E-state index is 13.2. The predicted octanol–water partition coefficient (Wildman–Crippen LogP) is 1.67. The number of carbonyl (C=O) groups is 2. The normalized spacial score (nSPS) is 30.1. The van der Waals surface area contributed by atoms with Crippen molar-refractivity contribution in [2.24, 2.45) is 37.5 Å². The van der Waals surface area contributed by atoms with E-state index in [-0.39, 0.29) is 23.3 Å². The van der Waals surface area contributed by atoms with Crippen LogP contribution in [0.2, 0.25) is 0 Å². The molecule has 0 aromatic heterocycles. The Balaban J connectivity index is 2.18. The van der Waals surface area contributed by atoms with Crippen LogP contribution in [0.15, 0.2) is 61.5 Å². The molecule has 46 heavy (non-hydrogen) atoms. The molecule has 250 valence electrons. The fraction of sp³-hybridized carbons (Fsp3) is 0.500. The molecule has 0 saturated carbocycles. The van der Waals surface area contributed by atoms with Crippen LogP contribution in [0.1, 0.15) is 39.7 Å². The number of aliphatic imine (C=N–C) groups is 2. The van der Waals surface area contributed by atoms with E-state index in [1.807, 2.05) is 13.8 Å². The zero-order valence-corrected chi connectivity index (χ0v) is 27.6. The first kappa shape index (κ1) is 36.1. The van der Waals surface area contributed by atoms with Gasteiger partial charge in [-0.15, -0.1) is 0 Å². The predicted molar refractivity (Wildman–Crippen MR) is 174 cm³/mol. The first-order valence-electron chi connectivity index (χ1n) is 14.9. The van der Waals surface area contributed by atoms with Crippen LogP contribution >= 0.6 is 0 Å². The summed E-state index contributed by atoms with van der Waals surface area (Å²) in [7, 11) is 6.24. The van der Waals surface area contributed by atoms with Crippen LogP contribution in [0.5, 0.6) is 5.75 Å². The Morgan fingerprint density at radius 1 is 1.20 bits per heavy atom. The number of phenolic OH excluding ortho intramolecular Hbond substituents is 1. The number of nitrogens with zero attached hydrogens (tertiary/aromatic N) is 4. The standard InChI is InChI=1S/C32H45N7O7/c1-16-12-20-25-21(37-32(38-25)39-31(34-5)35-6)15-22(27(20)41)36-29(42)17(2)10-9-11-23(44-7)28(46-30(33)43)19(4)14-18(3)26(40)24(13-16)45-8/h9-11,14-16,18,23-24,26,28,40-41H,12-13H2,1-8H3,(H2,33,43)(H,34,35)(H,36,42)/b11-9-,17-10+,19-14+,39-32-/t16-,18+,23+,24+,26-,28+/m1/s1. The molecule has 6 atom stereocenters. The van der Waals surface area contributed by atoms with Crippen LogP contribution < -0.4 is 27.1 Å². The largest absolute Gasteiger partial charge is 0.505 e. The molecule has 2 aliphatic rings. The van der Waals surface area contributed by atoms with Crippen molar-refractivity contribution in [1.29, 1.82) is 0 Å². The van der Waals surface area contributed by atoms with Gasteiger partial charge in [0.05, 0.1) is 28.6 Å². The first-order chi connectivity index (χ1) is 21.8. The van der Waals surface area contributed by atoms with Crippen LogP contribution in [0.4, 0.5) is 10.5 Å². The molecule has 0 fully saturated rings. The van der Waals surface area contributed by atoms with Gasteiger partial charge in [-0.05, 0) is 44.2 Å². The van der Waals surface area contributed by atoms with Crippen LogP contribution in [-0.2, 0) is 25.4 Å². The van der Waals surface area contributed by atoms with Crippen molar-refractivity contribution >= 4 is 29.6 Å². The molecule has 0 spiro atoms. The molecule has 0 radical (unpaired) electrons. The van der Waals surface area contributed by atoms with Gasteiger partial charge in [0, 0.05) is 45.4 Å². The van der Waals surface area contributed by atoms with Crippen molar-refractivity contribution in [3.05, 3.63) is 57.8 Å². The number of anilines is 1. The van der Waals surface area contributed by atoms with Gasteiger partial charge >= 0.3 is 6.09 Å². The maximum atomic E-state index is 13.2. The van der Waals surface area contributed by atoms with E-state index in [4.69, 9.17) is 19.9 Å². The van der Waals surface area contributed by atoms with E-state index in [0.717, 1.165) is 0 Å². The summed E-state index contributed by atoms with van der Waals surface area (Å²) in [5, 5.41) is 29.3. The molecular formula is C32H45N7O7.